The molecule has 9 nitrogen and oxygen atoms in total. The standard InChI is InChI=1S/C23H25F2N7O2/c1-33-21-20-16(14-2-3-17-18(10-14)32(30-28-17)11-19(24)25)6-9-31(20)29-22(27-21)26-15-4-7-23(8-5-15)12-34-13-23/h2-3,6,9-10,15,19H,4-5,7-8,11-13H2,1H3,(H,26,29). The van der Waals surface area contributed by atoms with Crippen LogP contribution in [0.2, 0.25) is 0 Å². The number of aromatic nitrogens is 6. The Morgan fingerprint density at radius 3 is 2.76 bits per heavy atom. The van der Waals surface area contributed by atoms with E-state index in [1.807, 2.05) is 18.3 Å². The van der Waals surface area contributed by atoms with E-state index in [-0.39, 0.29) is 0 Å². The van der Waals surface area contributed by atoms with Crippen LogP contribution >= 0.6 is 0 Å². The van der Waals surface area contributed by atoms with E-state index in [1.54, 1.807) is 23.8 Å². The van der Waals surface area contributed by atoms with Gasteiger partial charge in [-0.25, -0.2) is 18.0 Å². The third kappa shape index (κ3) is 3.64. The van der Waals surface area contributed by atoms with Gasteiger partial charge in [-0.3, -0.25) is 0 Å². The van der Waals surface area contributed by atoms with Gasteiger partial charge >= 0.3 is 0 Å². The SMILES string of the molecule is COc1nc(NC2CCC3(CC2)COC3)nn2ccc(-c3ccc4nnn(CC(F)F)c4c3)c12. The molecule has 1 N–H and O–H groups in total. The first-order valence-corrected chi connectivity index (χ1v) is 11.4. The summed E-state index contributed by atoms with van der Waals surface area (Å²) in [5.41, 5.74) is 3.84. The minimum Gasteiger partial charge on any atom is -0.479 e. The number of benzene rings is 1. The molecule has 2 fully saturated rings. The van der Waals surface area contributed by atoms with Crippen molar-refractivity contribution in [3.63, 3.8) is 0 Å². The maximum atomic E-state index is 12.9. The van der Waals surface area contributed by atoms with Crippen LogP contribution in [0.3, 0.4) is 0 Å². The van der Waals surface area contributed by atoms with Crippen molar-refractivity contribution in [2.75, 3.05) is 25.6 Å². The zero-order valence-electron chi connectivity index (χ0n) is 18.7. The lowest BCUT2D eigenvalue weighted by atomic mass is 9.71. The van der Waals surface area contributed by atoms with Crippen LogP contribution in [0.1, 0.15) is 25.7 Å². The molecule has 1 aromatic carbocycles. The summed E-state index contributed by atoms with van der Waals surface area (Å²) in [4.78, 5) is 4.63. The summed E-state index contributed by atoms with van der Waals surface area (Å²) in [7, 11) is 1.58. The maximum Gasteiger partial charge on any atom is 0.258 e. The van der Waals surface area contributed by atoms with Crippen LogP contribution in [0.25, 0.3) is 27.7 Å². The Morgan fingerprint density at radius 2 is 2.06 bits per heavy atom. The van der Waals surface area contributed by atoms with Crippen molar-refractivity contribution in [2.24, 2.45) is 5.41 Å². The lowest BCUT2D eigenvalue weighted by Gasteiger charge is -2.46. The van der Waals surface area contributed by atoms with Crippen molar-refractivity contribution in [2.45, 2.75) is 44.7 Å². The van der Waals surface area contributed by atoms with Crippen LogP contribution < -0.4 is 10.1 Å². The zero-order valence-corrected chi connectivity index (χ0v) is 18.7. The van der Waals surface area contributed by atoms with Crippen molar-refractivity contribution >= 4 is 22.5 Å². The third-order valence-corrected chi connectivity index (χ3v) is 7.00. The normalized spacial score (nSPS) is 18.1. The number of nitrogens with zero attached hydrogens (tertiary/aromatic N) is 6. The number of fused-ring (bicyclic) bond motifs is 2. The second-order valence-corrected chi connectivity index (χ2v) is 9.24. The summed E-state index contributed by atoms with van der Waals surface area (Å²) in [6.45, 7) is 1.26. The summed E-state index contributed by atoms with van der Waals surface area (Å²) in [5.74, 6) is 0.962. The molecule has 0 unspecified atom stereocenters. The van der Waals surface area contributed by atoms with E-state index in [2.05, 4.69) is 25.7 Å². The van der Waals surface area contributed by atoms with Crippen LogP contribution in [0.15, 0.2) is 30.5 Å². The van der Waals surface area contributed by atoms with E-state index in [1.165, 1.54) is 4.68 Å². The molecule has 34 heavy (non-hydrogen) atoms. The largest absolute Gasteiger partial charge is 0.479 e. The van der Waals surface area contributed by atoms with E-state index < -0.39 is 13.0 Å². The quantitative estimate of drug-likeness (QED) is 0.459. The van der Waals surface area contributed by atoms with E-state index in [9.17, 15) is 8.78 Å². The Balaban J connectivity index is 1.31. The highest BCUT2D eigenvalue weighted by Crippen LogP contribution is 2.42. The van der Waals surface area contributed by atoms with Crippen molar-refractivity contribution < 1.29 is 18.3 Å². The molecule has 1 aliphatic heterocycles. The molecule has 178 valence electrons. The van der Waals surface area contributed by atoms with Gasteiger partial charge in [0.1, 0.15) is 17.6 Å². The third-order valence-electron chi connectivity index (χ3n) is 7.00. The number of methoxy groups -OCH3 is 1. The topological polar surface area (TPSA) is 91.4 Å². The molecule has 1 aliphatic carbocycles. The van der Waals surface area contributed by atoms with Gasteiger partial charge in [0.2, 0.25) is 11.8 Å². The highest BCUT2D eigenvalue weighted by Gasteiger charge is 2.41. The lowest BCUT2D eigenvalue weighted by Crippen LogP contribution is -2.47. The molecule has 1 spiro atoms. The molecule has 4 aromatic rings. The van der Waals surface area contributed by atoms with Crippen LogP contribution in [0, 0.1) is 5.41 Å². The Hall–Kier alpha value is -3.34. The molecule has 0 atom stereocenters. The first kappa shape index (κ1) is 21.2. The zero-order chi connectivity index (χ0) is 23.3. The molecule has 0 bridgehead atoms. The van der Waals surface area contributed by atoms with Crippen molar-refractivity contribution in [3.05, 3.63) is 30.5 Å². The highest BCUT2D eigenvalue weighted by molar-refractivity contribution is 5.89. The van der Waals surface area contributed by atoms with Gasteiger partial charge in [0.15, 0.2) is 0 Å². The fourth-order valence-corrected chi connectivity index (χ4v) is 5.06. The minimum atomic E-state index is -2.51. The lowest BCUT2D eigenvalue weighted by molar-refractivity contribution is -0.131. The monoisotopic (exact) mass is 469 g/mol. The first-order valence-electron chi connectivity index (χ1n) is 11.4. The Kier molecular flexibility index (Phi) is 5.09. The van der Waals surface area contributed by atoms with Gasteiger partial charge in [0, 0.05) is 23.2 Å². The number of halogens is 2. The van der Waals surface area contributed by atoms with Crippen molar-refractivity contribution in [1.82, 2.24) is 29.6 Å². The van der Waals surface area contributed by atoms with Crippen LogP contribution in [-0.4, -0.2) is 62.4 Å². The van der Waals surface area contributed by atoms with Gasteiger partial charge in [-0.05, 0) is 49.4 Å². The van der Waals surface area contributed by atoms with Gasteiger partial charge in [-0.1, -0.05) is 11.3 Å². The summed E-state index contributed by atoms with van der Waals surface area (Å²) >= 11 is 0. The average molecular weight is 469 g/mol. The molecule has 4 heterocycles. The van der Waals surface area contributed by atoms with Crippen molar-refractivity contribution in [3.8, 4) is 17.0 Å². The number of rotatable bonds is 6. The average Bonchev–Trinajstić information content (AvgIpc) is 3.41. The number of hydrogen-bond acceptors (Lipinski definition) is 7. The molecule has 6 rings (SSSR count). The predicted octanol–water partition coefficient (Wildman–Crippen LogP) is 3.79. The molecule has 0 radical (unpaired) electrons. The molecule has 11 heteroatoms. The molecule has 3 aromatic heterocycles. The Labute approximate surface area is 194 Å². The molecule has 1 saturated heterocycles. The molecule has 1 saturated carbocycles. The number of alkyl halides is 2. The fourth-order valence-electron chi connectivity index (χ4n) is 5.06. The number of nitrogens with one attached hydrogen (secondary N) is 1. The van der Waals surface area contributed by atoms with Crippen LogP contribution in [0.4, 0.5) is 14.7 Å². The summed E-state index contributed by atoms with van der Waals surface area (Å²) in [5, 5.41) is 16.0. The van der Waals surface area contributed by atoms with Crippen LogP contribution in [0.5, 0.6) is 5.88 Å². The smallest absolute Gasteiger partial charge is 0.258 e. The minimum absolute atomic E-state index is 0.313. The van der Waals surface area contributed by atoms with Gasteiger partial charge in [-0.15, -0.1) is 10.2 Å². The van der Waals surface area contributed by atoms with Crippen molar-refractivity contribution in [1.29, 1.82) is 0 Å². The maximum absolute atomic E-state index is 12.9. The molecular weight excluding hydrogens is 444 g/mol. The van der Waals surface area contributed by atoms with Gasteiger partial charge in [0.25, 0.3) is 6.43 Å². The second-order valence-electron chi connectivity index (χ2n) is 9.24. The van der Waals surface area contributed by atoms with E-state index >= 15 is 0 Å². The number of hydrogen-bond donors (Lipinski definition) is 1. The first-order chi connectivity index (χ1) is 16.5. The molecule has 2 aliphatic rings. The van der Waals surface area contributed by atoms with E-state index in [0.717, 1.165) is 50.0 Å². The Morgan fingerprint density at radius 1 is 1.24 bits per heavy atom. The summed E-state index contributed by atoms with van der Waals surface area (Å²) < 4.78 is 39.9. The van der Waals surface area contributed by atoms with Gasteiger partial charge in [0.05, 0.1) is 25.8 Å². The summed E-state index contributed by atoms with van der Waals surface area (Å²) in [6, 6.07) is 7.69. The fraction of sp³-hybridized carbons (Fsp3) is 0.478. The molecule has 0 amide bonds. The predicted molar refractivity (Wildman–Crippen MR) is 121 cm³/mol. The van der Waals surface area contributed by atoms with E-state index in [0.29, 0.717) is 39.8 Å². The van der Waals surface area contributed by atoms with E-state index in [4.69, 9.17) is 9.47 Å². The summed E-state index contributed by atoms with van der Waals surface area (Å²) in [6.07, 6.45) is 3.75. The van der Waals surface area contributed by atoms with Gasteiger partial charge < -0.3 is 14.8 Å². The highest BCUT2D eigenvalue weighted by atomic mass is 19.3. The Bertz CT molecular complexity index is 1340. The number of anilines is 1. The van der Waals surface area contributed by atoms with Crippen LogP contribution in [-0.2, 0) is 11.3 Å². The van der Waals surface area contributed by atoms with Gasteiger partial charge in [-0.2, -0.15) is 4.98 Å². The molecular formula is C23H25F2N7O2. The number of ether oxygens (including phenoxy) is 2. The second kappa shape index (κ2) is 8.15.